The van der Waals surface area contributed by atoms with Crippen molar-refractivity contribution in [2.45, 2.75) is 20.3 Å². The molecule has 0 unspecified atom stereocenters. The van der Waals surface area contributed by atoms with Crippen molar-refractivity contribution in [1.82, 2.24) is 0 Å². The SMILES string of the molecule is CCc1ccccc1NC(=O)c1ccc(C)cc1NC. The number of nitrogens with one attached hydrogen (secondary N) is 2. The van der Waals surface area contributed by atoms with Crippen LogP contribution in [0, 0.1) is 6.92 Å². The molecular formula is C17H20N2O. The Kier molecular flexibility index (Phi) is 4.41. The van der Waals surface area contributed by atoms with Gasteiger partial charge in [0.05, 0.1) is 5.56 Å². The normalized spacial score (nSPS) is 10.2. The van der Waals surface area contributed by atoms with Crippen LogP contribution in [0.5, 0.6) is 0 Å². The van der Waals surface area contributed by atoms with Gasteiger partial charge >= 0.3 is 0 Å². The number of anilines is 2. The lowest BCUT2D eigenvalue weighted by atomic mass is 10.1. The molecule has 0 heterocycles. The summed E-state index contributed by atoms with van der Waals surface area (Å²) in [6.07, 6.45) is 0.892. The van der Waals surface area contributed by atoms with E-state index in [2.05, 4.69) is 17.6 Å². The summed E-state index contributed by atoms with van der Waals surface area (Å²) >= 11 is 0. The molecule has 3 heteroatoms. The van der Waals surface area contributed by atoms with Crippen LogP contribution in [0.25, 0.3) is 0 Å². The second kappa shape index (κ2) is 6.24. The highest BCUT2D eigenvalue weighted by Crippen LogP contribution is 2.21. The first-order valence-electron chi connectivity index (χ1n) is 6.83. The van der Waals surface area contributed by atoms with Gasteiger partial charge in [-0.15, -0.1) is 0 Å². The zero-order chi connectivity index (χ0) is 14.5. The Morgan fingerprint density at radius 2 is 1.85 bits per heavy atom. The van der Waals surface area contributed by atoms with Gasteiger partial charge in [-0.1, -0.05) is 31.2 Å². The van der Waals surface area contributed by atoms with Crippen LogP contribution in [0.15, 0.2) is 42.5 Å². The van der Waals surface area contributed by atoms with E-state index >= 15 is 0 Å². The summed E-state index contributed by atoms with van der Waals surface area (Å²) < 4.78 is 0. The van der Waals surface area contributed by atoms with Gasteiger partial charge in [0, 0.05) is 18.4 Å². The van der Waals surface area contributed by atoms with E-state index < -0.39 is 0 Å². The van der Waals surface area contributed by atoms with Gasteiger partial charge < -0.3 is 10.6 Å². The van der Waals surface area contributed by atoms with Crippen molar-refractivity contribution < 1.29 is 4.79 Å². The molecule has 2 aromatic carbocycles. The number of carbonyl (C=O) groups is 1. The van der Waals surface area contributed by atoms with Crippen molar-refractivity contribution in [3.05, 3.63) is 59.2 Å². The van der Waals surface area contributed by atoms with Gasteiger partial charge in [-0.3, -0.25) is 4.79 Å². The molecule has 0 saturated carbocycles. The van der Waals surface area contributed by atoms with E-state index in [1.807, 2.05) is 56.4 Å². The molecule has 20 heavy (non-hydrogen) atoms. The van der Waals surface area contributed by atoms with Gasteiger partial charge in [0.15, 0.2) is 0 Å². The van der Waals surface area contributed by atoms with Crippen LogP contribution in [0.1, 0.15) is 28.4 Å². The number of rotatable bonds is 4. The molecule has 0 fully saturated rings. The Morgan fingerprint density at radius 3 is 2.55 bits per heavy atom. The summed E-state index contributed by atoms with van der Waals surface area (Å²) in [4.78, 5) is 12.4. The standard InChI is InChI=1S/C17H20N2O/c1-4-13-7-5-6-8-15(13)19-17(20)14-10-9-12(2)11-16(14)18-3/h5-11,18H,4H2,1-3H3,(H,19,20). The fourth-order valence-electron chi connectivity index (χ4n) is 2.20. The third kappa shape index (κ3) is 2.99. The minimum Gasteiger partial charge on any atom is -0.387 e. The molecule has 1 amide bonds. The highest BCUT2D eigenvalue weighted by Gasteiger charge is 2.12. The minimum atomic E-state index is -0.0877. The molecule has 0 atom stereocenters. The number of hydrogen-bond donors (Lipinski definition) is 2. The van der Waals surface area contributed by atoms with Crippen molar-refractivity contribution in [2.24, 2.45) is 0 Å². The van der Waals surface area contributed by atoms with Crippen molar-refractivity contribution in [1.29, 1.82) is 0 Å². The average Bonchev–Trinajstić information content (AvgIpc) is 2.47. The lowest BCUT2D eigenvalue weighted by molar-refractivity contribution is 0.102. The first-order valence-corrected chi connectivity index (χ1v) is 6.83. The fourth-order valence-corrected chi connectivity index (χ4v) is 2.20. The van der Waals surface area contributed by atoms with E-state index in [0.29, 0.717) is 5.56 Å². The van der Waals surface area contributed by atoms with Gasteiger partial charge in [0.2, 0.25) is 0 Å². The number of para-hydroxylation sites is 1. The Hall–Kier alpha value is -2.29. The zero-order valence-electron chi connectivity index (χ0n) is 12.2. The van der Waals surface area contributed by atoms with Crippen molar-refractivity contribution >= 4 is 17.3 Å². The summed E-state index contributed by atoms with van der Waals surface area (Å²) in [6, 6.07) is 13.7. The third-order valence-corrected chi connectivity index (χ3v) is 3.34. The third-order valence-electron chi connectivity index (χ3n) is 3.34. The van der Waals surface area contributed by atoms with Crippen molar-refractivity contribution in [3.63, 3.8) is 0 Å². The molecule has 0 aliphatic rings. The number of benzene rings is 2. The van der Waals surface area contributed by atoms with Crippen LogP contribution >= 0.6 is 0 Å². The zero-order valence-corrected chi connectivity index (χ0v) is 12.2. The lowest BCUT2D eigenvalue weighted by Crippen LogP contribution is -2.15. The second-order valence-electron chi connectivity index (χ2n) is 4.76. The predicted molar refractivity (Wildman–Crippen MR) is 84.5 cm³/mol. The molecule has 0 bridgehead atoms. The monoisotopic (exact) mass is 268 g/mol. The van der Waals surface area contributed by atoms with Gasteiger partial charge in [0.1, 0.15) is 0 Å². The maximum atomic E-state index is 12.4. The minimum absolute atomic E-state index is 0.0877. The van der Waals surface area contributed by atoms with E-state index in [-0.39, 0.29) is 5.91 Å². The quantitative estimate of drug-likeness (QED) is 0.884. The first kappa shape index (κ1) is 14.1. The summed E-state index contributed by atoms with van der Waals surface area (Å²) in [5.74, 6) is -0.0877. The topological polar surface area (TPSA) is 41.1 Å². The van der Waals surface area contributed by atoms with Crippen LogP contribution in [-0.2, 0) is 6.42 Å². The summed E-state index contributed by atoms with van der Waals surface area (Å²) in [6.45, 7) is 4.09. The first-order chi connectivity index (χ1) is 9.65. The van der Waals surface area contributed by atoms with E-state index in [9.17, 15) is 4.79 Å². The van der Waals surface area contributed by atoms with E-state index in [1.165, 1.54) is 0 Å². The number of aryl methyl sites for hydroxylation is 2. The Labute approximate surface area is 120 Å². The largest absolute Gasteiger partial charge is 0.387 e. The van der Waals surface area contributed by atoms with Crippen molar-refractivity contribution in [2.75, 3.05) is 17.7 Å². The lowest BCUT2D eigenvalue weighted by Gasteiger charge is -2.13. The molecule has 2 aromatic rings. The Bertz CT molecular complexity index is 620. The predicted octanol–water partition coefficient (Wildman–Crippen LogP) is 3.85. The van der Waals surface area contributed by atoms with Crippen LogP contribution in [0.4, 0.5) is 11.4 Å². The number of amides is 1. The molecular weight excluding hydrogens is 248 g/mol. The van der Waals surface area contributed by atoms with Crippen LogP contribution < -0.4 is 10.6 Å². The van der Waals surface area contributed by atoms with Gasteiger partial charge in [-0.2, -0.15) is 0 Å². The smallest absolute Gasteiger partial charge is 0.257 e. The molecule has 0 radical (unpaired) electrons. The molecule has 0 aromatic heterocycles. The van der Waals surface area contributed by atoms with Crippen LogP contribution in [0.3, 0.4) is 0 Å². The number of hydrogen-bond acceptors (Lipinski definition) is 2. The molecule has 0 aliphatic heterocycles. The van der Waals surface area contributed by atoms with E-state index in [0.717, 1.165) is 28.9 Å². The van der Waals surface area contributed by atoms with Gasteiger partial charge in [0.25, 0.3) is 5.91 Å². The summed E-state index contributed by atoms with van der Waals surface area (Å²) in [5, 5.41) is 6.06. The molecule has 104 valence electrons. The maximum absolute atomic E-state index is 12.4. The highest BCUT2D eigenvalue weighted by atomic mass is 16.1. The maximum Gasteiger partial charge on any atom is 0.257 e. The molecule has 0 spiro atoms. The van der Waals surface area contributed by atoms with E-state index in [4.69, 9.17) is 0 Å². The molecule has 3 nitrogen and oxygen atoms in total. The van der Waals surface area contributed by atoms with Gasteiger partial charge in [-0.25, -0.2) is 0 Å². The van der Waals surface area contributed by atoms with Crippen LogP contribution in [0.2, 0.25) is 0 Å². The molecule has 2 N–H and O–H groups in total. The molecule has 0 saturated heterocycles. The molecule has 0 aliphatic carbocycles. The summed E-state index contributed by atoms with van der Waals surface area (Å²) in [5.41, 5.74) is 4.64. The van der Waals surface area contributed by atoms with Gasteiger partial charge in [-0.05, 0) is 42.7 Å². The number of carbonyl (C=O) groups excluding carboxylic acids is 1. The highest BCUT2D eigenvalue weighted by molar-refractivity contribution is 6.08. The average molecular weight is 268 g/mol. The summed E-state index contributed by atoms with van der Waals surface area (Å²) in [7, 11) is 1.82. The van der Waals surface area contributed by atoms with Crippen LogP contribution in [-0.4, -0.2) is 13.0 Å². The second-order valence-corrected chi connectivity index (χ2v) is 4.76. The fraction of sp³-hybridized carbons (Fsp3) is 0.235. The Morgan fingerprint density at radius 1 is 1.10 bits per heavy atom. The van der Waals surface area contributed by atoms with Crippen molar-refractivity contribution in [3.8, 4) is 0 Å². The molecule has 2 rings (SSSR count). The van der Waals surface area contributed by atoms with E-state index in [1.54, 1.807) is 0 Å². The Balaban J connectivity index is 2.28.